The summed E-state index contributed by atoms with van der Waals surface area (Å²) in [4.78, 5) is 0. The second-order valence-corrected chi connectivity index (χ2v) is 5.72. The van der Waals surface area contributed by atoms with E-state index < -0.39 is 0 Å². The third-order valence-corrected chi connectivity index (χ3v) is 3.87. The summed E-state index contributed by atoms with van der Waals surface area (Å²) in [5.41, 5.74) is 3.45. The van der Waals surface area contributed by atoms with Gasteiger partial charge in [-0.2, -0.15) is 5.26 Å². The van der Waals surface area contributed by atoms with E-state index in [1.165, 1.54) is 5.56 Å². The number of hydrogen-bond acceptors (Lipinski definition) is 3. The van der Waals surface area contributed by atoms with Crippen LogP contribution in [0.15, 0.2) is 46.9 Å². The average molecular weight is 345 g/mol. The number of ether oxygens (including phenoxy) is 1. The molecule has 0 aromatic heterocycles. The number of halogens is 1. The van der Waals surface area contributed by atoms with Crippen LogP contribution in [0, 0.1) is 18.3 Å². The average Bonchev–Trinajstić information content (AvgIpc) is 2.49. The largest absolute Gasteiger partial charge is 0.479 e. The van der Waals surface area contributed by atoms with Crippen LogP contribution in [-0.4, -0.2) is 6.61 Å². The highest BCUT2D eigenvalue weighted by Crippen LogP contribution is 2.28. The normalized spacial score (nSPS) is 11.5. The summed E-state index contributed by atoms with van der Waals surface area (Å²) >= 11 is 3.56. The molecule has 1 N–H and O–H groups in total. The van der Waals surface area contributed by atoms with E-state index in [0.717, 1.165) is 15.7 Å². The van der Waals surface area contributed by atoms with E-state index in [2.05, 4.69) is 47.2 Å². The lowest BCUT2D eigenvalue weighted by atomic mass is 10.1. The monoisotopic (exact) mass is 344 g/mol. The minimum absolute atomic E-state index is 0.0728. The van der Waals surface area contributed by atoms with Crippen molar-refractivity contribution in [2.75, 3.05) is 11.9 Å². The Morgan fingerprint density at radius 2 is 1.95 bits per heavy atom. The molecule has 0 saturated carbocycles. The van der Waals surface area contributed by atoms with Gasteiger partial charge in [0, 0.05) is 16.2 Å². The number of nitrogens with one attached hydrogen (secondary N) is 1. The first kappa shape index (κ1) is 15.4. The number of nitrogens with zero attached hydrogens (tertiary/aromatic N) is 1. The third kappa shape index (κ3) is 4.24. The predicted octanol–water partition coefficient (Wildman–Crippen LogP) is 4.83. The van der Waals surface area contributed by atoms with Crippen LogP contribution in [0.1, 0.15) is 24.1 Å². The molecule has 0 aliphatic rings. The van der Waals surface area contributed by atoms with Crippen LogP contribution in [0.3, 0.4) is 0 Å². The molecule has 4 heteroatoms. The van der Waals surface area contributed by atoms with Crippen molar-refractivity contribution in [1.29, 1.82) is 5.26 Å². The van der Waals surface area contributed by atoms with Crippen LogP contribution in [0.25, 0.3) is 0 Å². The fraction of sp³-hybridized carbons (Fsp3) is 0.235. The molecule has 2 rings (SSSR count). The Hall–Kier alpha value is -1.99. The lowest BCUT2D eigenvalue weighted by molar-refractivity contribution is 0.368. The lowest BCUT2D eigenvalue weighted by Gasteiger charge is -2.17. The van der Waals surface area contributed by atoms with Crippen LogP contribution >= 0.6 is 15.9 Å². The molecule has 0 saturated heterocycles. The van der Waals surface area contributed by atoms with E-state index in [9.17, 15) is 0 Å². The third-order valence-electron chi connectivity index (χ3n) is 3.18. The molecule has 0 aliphatic carbocycles. The molecule has 1 atom stereocenters. The molecule has 0 radical (unpaired) electrons. The van der Waals surface area contributed by atoms with Crippen LogP contribution in [0.4, 0.5) is 5.69 Å². The fourth-order valence-electron chi connectivity index (χ4n) is 2.03. The van der Waals surface area contributed by atoms with Gasteiger partial charge >= 0.3 is 0 Å². The first-order chi connectivity index (χ1) is 10.1. The molecule has 0 fully saturated rings. The Morgan fingerprint density at radius 3 is 2.62 bits per heavy atom. The van der Waals surface area contributed by atoms with Gasteiger partial charge in [0.2, 0.25) is 0 Å². The van der Waals surface area contributed by atoms with Crippen molar-refractivity contribution < 1.29 is 4.74 Å². The summed E-state index contributed by atoms with van der Waals surface area (Å²) in [5.74, 6) is 0.712. The zero-order chi connectivity index (χ0) is 15.2. The van der Waals surface area contributed by atoms with Gasteiger partial charge in [-0.1, -0.05) is 18.2 Å². The van der Waals surface area contributed by atoms with Crippen LogP contribution in [0.2, 0.25) is 0 Å². The van der Waals surface area contributed by atoms with Gasteiger partial charge in [0.15, 0.2) is 6.61 Å². The van der Waals surface area contributed by atoms with Crippen molar-refractivity contribution in [3.8, 4) is 11.8 Å². The number of aryl methyl sites for hydroxylation is 1. The lowest BCUT2D eigenvalue weighted by Crippen LogP contribution is -2.07. The second-order valence-electron chi connectivity index (χ2n) is 4.87. The Labute approximate surface area is 133 Å². The standard InChI is InChI=1S/C17H17BrN2O/c1-12-3-8-16(18)17(11-12)20-13(2)14-4-6-15(7-5-14)21-10-9-19/h3-8,11,13,20H,10H2,1-2H3. The van der Waals surface area contributed by atoms with E-state index in [4.69, 9.17) is 10.00 Å². The molecule has 0 amide bonds. The molecule has 3 nitrogen and oxygen atoms in total. The number of anilines is 1. The van der Waals surface area contributed by atoms with Crippen molar-refractivity contribution in [2.24, 2.45) is 0 Å². The molecule has 0 heterocycles. The van der Waals surface area contributed by atoms with Gasteiger partial charge in [0.25, 0.3) is 0 Å². The summed E-state index contributed by atoms with van der Waals surface area (Å²) in [5, 5.41) is 12.0. The van der Waals surface area contributed by atoms with Crippen molar-refractivity contribution in [1.82, 2.24) is 0 Å². The maximum absolute atomic E-state index is 8.49. The van der Waals surface area contributed by atoms with Gasteiger partial charge in [-0.15, -0.1) is 0 Å². The number of hydrogen-bond donors (Lipinski definition) is 1. The van der Waals surface area contributed by atoms with Gasteiger partial charge in [-0.3, -0.25) is 0 Å². The molecule has 21 heavy (non-hydrogen) atoms. The summed E-state index contributed by atoms with van der Waals surface area (Å²) in [6.45, 7) is 4.26. The zero-order valence-electron chi connectivity index (χ0n) is 12.1. The fourth-order valence-corrected chi connectivity index (χ4v) is 2.40. The van der Waals surface area contributed by atoms with E-state index in [1.807, 2.05) is 36.4 Å². The summed E-state index contributed by atoms with van der Waals surface area (Å²) in [7, 11) is 0. The topological polar surface area (TPSA) is 45.0 Å². The minimum Gasteiger partial charge on any atom is -0.479 e. The number of benzene rings is 2. The van der Waals surface area contributed by atoms with Gasteiger partial charge in [0.1, 0.15) is 11.8 Å². The van der Waals surface area contributed by atoms with Crippen LogP contribution in [-0.2, 0) is 0 Å². The van der Waals surface area contributed by atoms with E-state index in [0.29, 0.717) is 5.75 Å². The SMILES string of the molecule is Cc1ccc(Br)c(NC(C)c2ccc(OCC#N)cc2)c1. The first-order valence-electron chi connectivity index (χ1n) is 6.72. The Bertz CT molecular complexity index is 647. The summed E-state index contributed by atoms with van der Waals surface area (Å²) in [6, 6.07) is 16.1. The maximum atomic E-state index is 8.49. The Kier molecular flexibility index (Phi) is 5.24. The van der Waals surface area contributed by atoms with Crippen molar-refractivity contribution >= 4 is 21.6 Å². The molecule has 0 spiro atoms. The summed E-state index contributed by atoms with van der Waals surface area (Å²) in [6.07, 6.45) is 0. The highest BCUT2D eigenvalue weighted by molar-refractivity contribution is 9.10. The van der Waals surface area contributed by atoms with Gasteiger partial charge < -0.3 is 10.1 Å². The quantitative estimate of drug-likeness (QED) is 0.844. The molecule has 0 bridgehead atoms. The molecule has 2 aromatic carbocycles. The molecular formula is C17H17BrN2O. The van der Waals surface area contributed by atoms with Gasteiger partial charge in [0.05, 0.1) is 0 Å². The number of rotatable bonds is 5. The van der Waals surface area contributed by atoms with Gasteiger partial charge in [-0.05, 0) is 65.2 Å². The van der Waals surface area contributed by atoms with Crippen molar-refractivity contribution in [2.45, 2.75) is 19.9 Å². The predicted molar refractivity (Wildman–Crippen MR) is 88.5 cm³/mol. The Balaban J connectivity index is 2.08. The molecule has 108 valence electrons. The van der Waals surface area contributed by atoms with E-state index in [-0.39, 0.29) is 12.6 Å². The number of nitriles is 1. The highest BCUT2D eigenvalue weighted by Gasteiger charge is 2.08. The van der Waals surface area contributed by atoms with Crippen LogP contribution < -0.4 is 10.1 Å². The van der Waals surface area contributed by atoms with Crippen LogP contribution in [0.5, 0.6) is 5.75 Å². The molecule has 1 unspecified atom stereocenters. The van der Waals surface area contributed by atoms with Crippen molar-refractivity contribution in [3.63, 3.8) is 0 Å². The second kappa shape index (κ2) is 7.14. The zero-order valence-corrected chi connectivity index (χ0v) is 13.6. The van der Waals surface area contributed by atoms with Gasteiger partial charge in [-0.25, -0.2) is 0 Å². The Morgan fingerprint density at radius 1 is 1.24 bits per heavy atom. The smallest absolute Gasteiger partial charge is 0.174 e. The minimum atomic E-state index is 0.0728. The first-order valence-corrected chi connectivity index (χ1v) is 7.52. The van der Waals surface area contributed by atoms with E-state index in [1.54, 1.807) is 0 Å². The van der Waals surface area contributed by atoms with E-state index >= 15 is 0 Å². The molecule has 2 aromatic rings. The molecular weight excluding hydrogens is 328 g/mol. The highest BCUT2D eigenvalue weighted by atomic mass is 79.9. The summed E-state index contributed by atoms with van der Waals surface area (Å²) < 4.78 is 6.30. The molecule has 0 aliphatic heterocycles. The maximum Gasteiger partial charge on any atom is 0.174 e. The van der Waals surface area contributed by atoms with Crippen molar-refractivity contribution in [3.05, 3.63) is 58.1 Å².